The lowest BCUT2D eigenvalue weighted by atomic mass is 9.75. The number of nitrogens with one attached hydrogen (secondary N) is 1. The van der Waals surface area contributed by atoms with Gasteiger partial charge < -0.3 is 9.88 Å². The van der Waals surface area contributed by atoms with Gasteiger partial charge in [-0.15, -0.1) is 6.58 Å². The van der Waals surface area contributed by atoms with Crippen molar-refractivity contribution in [3.63, 3.8) is 0 Å². The molecule has 1 fully saturated rings. The summed E-state index contributed by atoms with van der Waals surface area (Å²) >= 11 is 0. The molecule has 0 radical (unpaired) electrons. The fourth-order valence-electron chi connectivity index (χ4n) is 2.98. The molecule has 1 N–H and O–H groups in total. The van der Waals surface area contributed by atoms with Crippen LogP contribution in [-0.4, -0.2) is 16.1 Å². The second kappa shape index (κ2) is 5.17. The maximum atomic E-state index is 4.58. The van der Waals surface area contributed by atoms with Crippen molar-refractivity contribution in [2.75, 3.05) is 11.9 Å². The molecule has 0 bridgehead atoms. The Labute approximate surface area is 110 Å². The maximum Gasteiger partial charge on any atom is 0.203 e. The number of imidazole rings is 1. The zero-order valence-electron chi connectivity index (χ0n) is 11.9. The molecule has 3 heteroatoms. The minimum Gasteiger partial charge on any atom is -0.352 e. The van der Waals surface area contributed by atoms with Crippen molar-refractivity contribution >= 4 is 5.95 Å². The quantitative estimate of drug-likeness (QED) is 0.817. The van der Waals surface area contributed by atoms with Gasteiger partial charge in [0.25, 0.3) is 0 Å². The topological polar surface area (TPSA) is 29.9 Å². The van der Waals surface area contributed by atoms with Crippen molar-refractivity contribution < 1.29 is 0 Å². The van der Waals surface area contributed by atoms with Crippen LogP contribution in [-0.2, 0) is 0 Å². The first-order valence-corrected chi connectivity index (χ1v) is 6.92. The van der Waals surface area contributed by atoms with Crippen molar-refractivity contribution in [3.8, 4) is 0 Å². The highest BCUT2D eigenvalue weighted by Gasteiger charge is 2.29. The van der Waals surface area contributed by atoms with Gasteiger partial charge >= 0.3 is 0 Å². The van der Waals surface area contributed by atoms with Gasteiger partial charge in [-0.1, -0.05) is 26.3 Å². The number of aromatic nitrogens is 2. The van der Waals surface area contributed by atoms with Gasteiger partial charge in [-0.25, -0.2) is 4.98 Å². The van der Waals surface area contributed by atoms with E-state index in [1.165, 1.54) is 25.7 Å². The Balaban J connectivity index is 2.18. The summed E-state index contributed by atoms with van der Waals surface area (Å²) in [6.07, 6.45) is 9.21. The number of nitrogens with zero attached hydrogens (tertiary/aromatic N) is 2. The monoisotopic (exact) mass is 247 g/mol. The van der Waals surface area contributed by atoms with Crippen LogP contribution in [0, 0.1) is 12.3 Å². The molecule has 1 atom stereocenters. The van der Waals surface area contributed by atoms with Crippen LogP contribution in [0.15, 0.2) is 18.9 Å². The Hall–Kier alpha value is -1.25. The Morgan fingerprint density at radius 2 is 2.39 bits per heavy atom. The van der Waals surface area contributed by atoms with Gasteiger partial charge in [-0.2, -0.15) is 0 Å². The van der Waals surface area contributed by atoms with Crippen LogP contribution in [0.5, 0.6) is 0 Å². The lowest BCUT2D eigenvalue weighted by molar-refractivity contribution is 0.184. The average molecular weight is 247 g/mol. The van der Waals surface area contributed by atoms with Gasteiger partial charge in [0.2, 0.25) is 5.95 Å². The standard InChI is InChI=1S/C15H25N3/c1-5-9-16-14-17-12(2)11-18(14)13-7-6-8-15(3,4)10-13/h5,11,13H,1,6-10H2,2-4H3,(H,16,17). The van der Waals surface area contributed by atoms with E-state index < -0.39 is 0 Å². The van der Waals surface area contributed by atoms with Crippen molar-refractivity contribution in [2.45, 2.75) is 52.5 Å². The van der Waals surface area contributed by atoms with Gasteiger partial charge in [0.05, 0.1) is 5.69 Å². The molecule has 0 aliphatic heterocycles. The molecule has 1 aromatic heterocycles. The number of hydrogen-bond acceptors (Lipinski definition) is 2. The first-order chi connectivity index (χ1) is 8.52. The molecule has 1 unspecified atom stereocenters. The molecule has 1 saturated carbocycles. The molecule has 1 aliphatic carbocycles. The number of rotatable bonds is 4. The molecule has 1 aliphatic rings. The number of aryl methyl sites for hydroxylation is 1. The van der Waals surface area contributed by atoms with Crippen LogP contribution in [0.25, 0.3) is 0 Å². The molecule has 1 heterocycles. The molecule has 18 heavy (non-hydrogen) atoms. The summed E-state index contributed by atoms with van der Waals surface area (Å²) in [6, 6.07) is 0.585. The van der Waals surface area contributed by atoms with Crippen molar-refractivity contribution in [1.82, 2.24) is 9.55 Å². The molecule has 0 saturated heterocycles. The Bertz CT molecular complexity index is 417. The van der Waals surface area contributed by atoms with E-state index in [0.717, 1.165) is 18.2 Å². The van der Waals surface area contributed by atoms with Crippen LogP contribution in [0.2, 0.25) is 0 Å². The van der Waals surface area contributed by atoms with Gasteiger partial charge in [-0.3, -0.25) is 0 Å². The molecule has 0 spiro atoms. The molecule has 0 aromatic carbocycles. The predicted molar refractivity (Wildman–Crippen MR) is 76.9 cm³/mol. The Kier molecular flexibility index (Phi) is 3.79. The van der Waals surface area contributed by atoms with E-state index in [1.54, 1.807) is 0 Å². The summed E-state index contributed by atoms with van der Waals surface area (Å²) in [5, 5.41) is 3.34. The molecule has 0 amide bonds. The minimum absolute atomic E-state index is 0.455. The summed E-state index contributed by atoms with van der Waals surface area (Å²) in [4.78, 5) is 4.58. The molecule has 2 rings (SSSR count). The van der Waals surface area contributed by atoms with E-state index in [9.17, 15) is 0 Å². The van der Waals surface area contributed by atoms with Gasteiger partial charge in [0, 0.05) is 18.8 Å². The third-order valence-electron chi connectivity index (χ3n) is 3.83. The highest BCUT2D eigenvalue weighted by atomic mass is 15.2. The van der Waals surface area contributed by atoms with Gasteiger partial charge in [0.1, 0.15) is 0 Å². The molecule has 1 aromatic rings. The third-order valence-corrected chi connectivity index (χ3v) is 3.83. The zero-order chi connectivity index (χ0) is 13.2. The van der Waals surface area contributed by atoms with Crippen LogP contribution in [0.4, 0.5) is 5.95 Å². The number of hydrogen-bond donors (Lipinski definition) is 1. The van der Waals surface area contributed by atoms with Crippen LogP contribution in [0.1, 0.15) is 51.3 Å². The Morgan fingerprint density at radius 1 is 1.61 bits per heavy atom. The van der Waals surface area contributed by atoms with E-state index >= 15 is 0 Å². The second-order valence-electron chi connectivity index (χ2n) is 6.20. The van der Waals surface area contributed by atoms with Crippen molar-refractivity contribution in [2.24, 2.45) is 5.41 Å². The fraction of sp³-hybridized carbons (Fsp3) is 0.667. The van der Waals surface area contributed by atoms with E-state index in [0.29, 0.717) is 11.5 Å². The van der Waals surface area contributed by atoms with E-state index in [1.807, 2.05) is 6.08 Å². The van der Waals surface area contributed by atoms with E-state index in [4.69, 9.17) is 0 Å². The summed E-state index contributed by atoms with van der Waals surface area (Å²) < 4.78 is 2.33. The molecule has 3 nitrogen and oxygen atoms in total. The predicted octanol–water partition coefficient (Wildman–Crippen LogP) is 3.93. The second-order valence-corrected chi connectivity index (χ2v) is 6.20. The third kappa shape index (κ3) is 2.95. The minimum atomic E-state index is 0.455. The highest BCUT2D eigenvalue weighted by molar-refractivity contribution is 5.30. The Morgan fingerprint density at radius 3 is 3.06 bits per heavy atom. The first-order valence-electron chi connectivity index (χ1n) is 6.92. The fourth-order valence-corrected chi connectivity index (χ4v) is 2.98. The molecule has 100 valence electrons. The van der Waals surface area contributed by atoms with E-state index in [2.05, 4.69) is 48.4 Å². The molecular formula is C15H25N3. The van der Waals surface area contributed by atoms with E-state index in [-0.39, 0.29) is 0 Å². The SMILES string of the molecule is C=CCNc1nc(C)cn1C1CCCC(C)(C)C1. The van der Waals surface area contributed by atoms with Crippen LogP contribution >= 0.6 is 0 Å². The van der Waals surface area contributed by atoms with Crippen molar-refractivity contribution in [3.05, 3.63) is 24.5 Å². The van der Waals surface area contributed by atoms with Gasteiger partial charge in [-0.05, 0) is 31.6 Å². The normalized spacial score (nSPS) is 22.7. The summed E-state index contributed by atoms with van der Waals surface area (Å²) in [5.41, 5.74) is 1.54. The maximum absolute atomic E-state index is 4.58. The summed E-state index contributed by atoms with van der Waals surface area (Å²) in [6.45, 7) is 11.3. The lowest BCUT2D eigenvalue weighted by Crippen LogP contribution is -2.25. The largest absolute Gasteiger partial charge is 0.352 e. The summed E-state index contributed by atoms with van der Waals surface area (Å²) in [5.74, 6) is 0.995. The average Bonchev–Trinajstić information content (AvgIpc) is 2.66. The molecular weight excluding hydrogens is 222 g/mol. The summed E-state index contributed by atoms with van der Waals surface area (Å²) in [7, 11) is 0. The first kappa shape index (κ1) is 13.2. The highest BCUT2D eigenvalue weighted by Crippen LogP contribution is 2.41. The van der Waals surface area contributed by atoms with Crippen LogP contribution in [0.3, 0.4) is 0 Å². The lowest BCUT2D eigenvalue weighted by Gasteiger charge is -2.36. The van der Waals surface area contributed by atoms with Crippen molar-refractivity contribution in [1.29, 1.82) is 0 Å². The number of anilines is 1. The van der Waals surface area contributed by atoms with Gasteiger partial charge in [0.15, 0.2) is 0 Å². The smallest absolute Gasteiger partial charge is 0.203 e. The van der Waals surface area contributed by atoms with Crippen LogP contribution < -0.4 is 5.32 Å². The zero-order valence-corrected chi connectivity index (χ0v) is 11.9.